The molecule has 0 aromatic heterocycles. The van der Waals surface area contributed by atoms with E-state index < -0.39 is 5.97 Å². The Morgan fingerprint density at radius 3 is 2.69 bits per heavy atom. The van der Waals surface area contributed by atoms with Crippen molar-refractivity contribution in [2.75, 3.05) is 20.3 Å². The highest BCUT2D eigenvalue weighted by molar-refractivity contribution is 6.01. The Morgan fingerprint density at radius 1 is 1.28 bits per heavy atom. The van der Waals surface area contributed by atoms with E-state index in [2.05, 4.69) is 12.2 Å². The first-order valence-corrected chi connectivity index (χ1v) is 9.87. The highest BCUT2D eigenvalue weighted by Gasteiger charge is 2.24. The second kappa shape index (κ2) is 11.1. The maximum Gasteiger partial charge on any atom is 0.344 e. The van der Waals surface area contributed by atoms with Gasteiger partial charge in [-0.3, -0.25) is 4.79 Å². The van der Waals surface area contributed by atoms with Gasteiger partial charge in [0.25, 0.3) is 5.91 Å². The van der Waals surface area contributed by atoms with Crippen molar-refractivity contribution in [1.82, 2.24) is 5.32 Å². The van der Waals surface area contributed by atoms with E-state index in [1.807, 2.05) is 6.07 Å². The van der Waals surface area contributed by atoms with Gasteiger partial charge in [-0.25, -0.2) is 4.79 Å². The number of hydrogen-bond donors (Lipinski definition) is 1. The molecule has 1 N–H and O–H groups in total. The molecule has 7 nitrogen and oxygen atoms in total. The van der Waals surface area contributed by atoms with Crippen LogP contribution in [0.15, 0.2) is 23.8 Å². The number of rotatable bonds is 8. The molecule has 1 fully saturated rings. The summed E-state index contributed by atoms with van der Waals surface area (Å²) >= 11 is 0. The number of nitrogens with zero attached hydrogens (tertiary/aromatic N) is 1. The largest absolute Gasteiger partial charge is 0.493 e. The summed E-state index contributed by atoms with van der Waals surface area (Å²) in [6.45, 7) is 3.89. The Bertz CT molecular complexity index is 797. The zero-order chi connectivity index (χ0) is 21.2. The summed E-state index contributed by atoms with van der Waals surface area (Å²) in [5, 5.41) is 12.4. The molecule has 2 atom stereocenters. The van der Waals surface area contributed by atoms with E-state index in [9.17, 15) is 14.9 Å². The van der Waals surface area contributed by atoms with Gasteiger partial charge >= 0.3 is 5.97 Å². The molecule has 7 heteroatoms. The minimum Gasteiger partial charge on any atom is -0.493 e. The van der Waals surface area contributed by atoms with Crippen molar-refractivity contribution in [3.05, 3.63) is 29.3 Å². The van der Waals surface area contributed by atoms with Gasteiger partial charge in [0.1, 0.15) is 11.6 Å². The van der Waals surface area contributed by atoms with E-state index >= 15 is 0 Å². The first-order valence-electron chi connectivity index (χ1n) is 9.87. The third kappa shape index (κ3) is 6.53. The molecule has 1 aromatic rings. The predicted molar refractivity (Wildman–Crippen MR) is 108 cm³/mol. The van der Waals surface area contributed by atoms with Gasteiger partial charge in [-0.05, 0) is 49.5 Å². The number of carbonyl (C=O) groups is 2. The van der Waals surface area contributed by atoms with Crippen LogP contribution in [0, 0.1) is 17.2 Å². The summed E-state index contributed by atoms with van der Waals surface area (Å²) in [4.78, 5) is 24.0. The molecule has 2 rings (SSSR count). The molecule has 0 radical (unpaired) electrons. The third-order valence-electron chi connectivity index (χ3n) is 4.94. The summed E-state index contributed by atoms with van der Waals surface area (Å²) in [5.74, 6) is 0.327. The average Bonchev–Trinajstić information content (AvgIpc) is 2.72. The molecule has 0 spiro atoms. The summed E-state index contributed by atoms with van der Waals surface area (Å²) in [6.07, 6.45) is 5.80. The number of amides is 1. The lowest BCUT2D eigenvalue weighted by Crippen LogP contribution is -2.41. The minimum absolute atomic E-state index is 0.0324. The maximum atomic E-state index is 12.5. The van der Waals surface area contributed by atoms with Crippen LogP contribution < -0.4 is 14.8 Å². The highest BCUT2D eigenvalue weighted by atomic mass is 16.6. The molecule has 0 aliphatic heterocycles. The predicted octanol–water partition coefficient (Wildman–Crippen LogP) is 3.24. The van der Waals surface area contributed by atoms with Crippen LogP contribution in [0.25, 0.3) is 6.08 Å². The number of hydrogen-bond acceptors (Lipinski definition) is 6. The van der Waals surface area contributed by atoms with Crippen molar-refractivity contribution >= 4 is 18.0 Å². The quantitative estimate of drug-likeness (QED) is 0.409. The standard InChI is InChI=1S/C22H28N2O5/c1-4-28-21(25)14-29-19-10-9-16(12-20(19)27-3)11-17(13-23)22(26)24-18-8-6-5-7-15(18)2/h9-12,15,18H,4-8,14H2,1-3H3,(H,24,26)/b17-11+/t15-,18+/m1/s1. The lowest BCUT2D eigenvalue weighted by atomic mass is 9.86. The molecule has 1 aliphatic carbocycles. The van der Waals surface area contributed by atoms with E-state index in [4.69, 9.17) is 14.2 Å². The number of esters is 1. The van der Waals surface area contributed by atoms with Crippen LogP contribution in [0.3, 0.4) is 0 Å². The molecule has 1 amide bonds. The Hall–Kier alpha value is -3.01. The second-order valence-corrected chi connectivity index (χ2v) is 7.02. The van der Waals surface area contributed by atoms with Crippen LogP contribution in [0.2, 0.25) is 0 Å². The van der Waals surface area contributed by atoms with Crippen LogP contribution in [-0.4, -0.2) is 38.2 Å². The maximum absolute atomic E-state index is 12.5. The van der Waals surface area contributed by atoms with E-state index in [1.54, 1.807) is 25.1 Å². The van der Waals surface area contributed by atoms with Gasteiger partial charge in [-0.2, -0.15) is 5.26 Å². The van der Waals surface area contributed by atoms with Crippen LogP contribution >= 0.6 is 0 Å². The minimum atomic E-state index is -0.473. The number of ether oxygens (including phenoxy) is 3. The summed E-state index contributed by atoms with van der Waals surface area (Å²) < 4.78 is 15.6. The molecule has 0 saturated heterocycles. The van der Waals surface area contributed by atoms with Crippen molar-refractivity contribution in [1.29, 1.82) is 5.26 Å². The van der Waals surface area contributed by atoms with Gasteiger partial charge in [0.05, 0.1) is 13.7 Å². The zero-order valence-electron chi connectivity index (χ0n) is 17.2. The number of nitriles is 1. The van der Waals surface area contributed by atoms with E-state index in [0.717, 1.165) is 19.3 Å². The first kappa shape index (κ1) is 22.3. The topological polar surface area (TPSA) is 97.7 Å². The van der Waals surface area contributed by atoms with E-state index in [0.29, 0.717) is 23.0 Å². The molecule has 1 aliphatic rings. The van der Waals surface area contributed by atoms with Crippen molar-refractivity contribution in [3.8, 4) is 17.6 Å². The number of carbonyl (C=O) groups excluding carboxylic acids is 2. The third-order valence-corrected chi connectivity index (χ3v) is 4.94. The normalized spacial score (nSPS) is 19.0. The van der Waals surface area contributed by atoms with Crippen LogP contribution in [0.5, 0.6) is 11.5 Å². The monoisotopic (exact) mass is 400 g/mol. The van der Waals surface area contributed by atoms with Crippen molar-refractivity contribution in [3.63, 3.8) is 0 Å². The Morgan fingerprint density at radius 2 is 2.03 bits per heavy atom. The fourth-order valence-corrected chi connectivity index (χ4v) is 3.32. The lowest BCUT2D eigenvalue weighted by Gasteiger charge is -2.29. The van der Waals surface area contributed by atoms with Crippen molar-refractivity contribution < 1.29 is 23.8 Å². The lowest BCUT2D eigenvalue weighted by molar-refractivity contribution is -0.145. The van der Waals surface area contributed by atoms with Gasteiger partial charge in [0.2, 0.25) is 0 Å². The Kier molecular flexibility index (Phi) is 8.53. The molecule has 0 heterocycles. The van der Waals surface area contributed by atoms with Crippen LogP contribution in [0.4, 0.5) is 0 Å². The fraction of sp³-hybridized carbons (Fsp3) is 0.500. The smallest absolute Gasteiger partial charge is 0.344 e. The zero-order valence-corrected chi connectivity index (χ0v) is 17.2. The van der Waals surface area contributed by atoms with Gasteiger partial charge in [-0.15, -0.1) is 0 Å². The molecule has 1 aromatic carbocycles. The first-order chi connectivity index (χ1) is 14.0. The Balaban J connectivity index is 2.10. The molecule has 0 unspecified atom stereocenters. The fourth-order valence-electron chi connectivity index (χ4n) is 3.32. The number of nitrogens with one attached hydrogen (secondary N) is 1. The van der Waals surface area contributed by atoms with Crippen molar-refractivity contribution in [2.45, 2.75) is 45.6 Å². The van der Waals surface area contributed by atoms with Gasteiger partial charge in [0, 0.05) is 6.04 Å². The average molecular weight is 400 g/mol. The SMILES string of the molecule is CCOC(=O)COc1ccc(/C=C(\C#N)C(=O)N[C@H]2CCCC[C@H]2C)cc1OC. The van der Waals surface area contributed by atoms with Gasteiger partial charge in [0.15, 0.2) is 18.1 Å². The number of methoxy groups -OCH3 is 1. The molecular formula is C22H28N2O5. The summed E-state index contributed by atoms with van der Waals surface area (Å²) in [7, 11) is 1.47. The second-order valence-electron chi connectivity index (χ2n) is 7.02. The Labute approximate surface area is 171 Å². The van der Waals surface area contributed by atoms with Gasteiger partial charge in [-0.1, -0.05) is 25.8 Å². The van der Waals surface area contributed by atoms with E-state index in [-0.39, 0.29) is 30.7 Å². The molecule has 0 bridgehead atoms. The molecule has 156 valence electrons. The summed E-state index contributed by atoms with van der Waals surface area (Å²) in [6, 6.07) is 7.04. The van der Waals surface area contributed by atoms with Crippen LogP contribution in [-0.2, 0) is 14.3 Å². The van der Waals surface area contributed by atoms with E-state index in [1.165, 1.54) is 19.6 Å². The van der Waals surface area contributed by atoms with Crippen molar-refractivity contribution in [2.24, 2.45) is 5.92 Å². The highest BCUT2D eigenvalue weighted by Crippen LogP contribution is 2.29. The molecular weight excluding hydrogens is 372 g/mol. The number of benzene rings is 1. The molecule has 1 saturated carbocycles. The van der Waals surface area contributed by atoms with Gasteiger partial charge < -0.3 is 19.5 Å². The molecule has 29 heavy (non-hydrogen) atoms. The van der Waals surface area contributed by atoms with Crippen LogP contribution in [0.1, 0.15) is 45.1 Å². The summed E-state index contributed by atoms with van der Waals surface area (Å²) in [5.41, 5.74) is 0.652.